The van der Waals surface area contributed by atoms with E-state index < -0.39 is 0 Å². The average Bonchev–Trinajstić information content (AvgIpc) is 3.05. The molecule has 2 aromatic rings. The minimum atomic E-state index is 0.625. The standard InChI is InChI=1S/C23H29N/c1-2-3-15-24-16-9-14-23(19-10-5-4-6-11-19)22-17-20-12-7-8-13-21(20)18-22/h4-8,10-14,22,24H,2-3,9,15-18H2,1H3/b23-14-. The summed E-state index contributed by atoms with van der Waals surface area (Å²) in [6, 6.07) is 19.9. The summed E-state index contributed by atoms with van der Waals surface area (Å²) in [5.74, 6) is 0.625. The monoisotopic (exact) mass is 319 g/mol. The molecule has 24 heavy (non-hydrogen) atoms. The topological polar surface area (TPSA) is 12.0 Å². The minimum absolute atomic E-state index is 0.625. The highest BCUT2D eigenvalue weighted by Gasteiger charge is 2.24. The Morgan fingerprint density at radius 1 is 0.958 bits per heavy atom. The molecular formula is C23H29N. The molecule has 0 atom stereocenters. The van der Waals surface area contributed by atoms with Crippen molar-refractivity contribution in [3.8, 4) is 0 Å². The summed E-state index contributed by atoms with van der Waals surface area (Å²) in [5.41, 5.74) is 5.99. The van der Waals surface area contributed by atoms with Gasteiger partial charge in [-0.25, -0.2) is 0 Å². The first-order valence-corrected chi connectivity index (χ1v) is 9.41. The summed E-state index contributed by atoms with van der Waals surface area (Å²) < 4.78 is 0. The van der Waals surface area contributed by atoms with E-state index in [0.717, 1.165) is 19.5 Å². The molecule has 0 unspecified atom stereocenters. The van der Waals surface area contributed by atoms with Crippen LogP contribution in [0.3, 0.4) is 0 Å². The molecule has 0 amide bonds. The number of rotatable bonds is 8. The first kappa shape index (κ1) is 17.0. The van der Waals surface area contributed by atoms with Gasteiger partial charge in [0.25, 0.3) is 0 Å². The fraction of sp³-hybridized carbons (Fsp3) is 0.391. The number of allylic oxidation sites excluding steroid dienone is 1. The molecular weight excluding hydrogens is 290 g/mol. The van der Waals surface area contributed by atoms with Crippen LogP contribution in [0.4, 0.5) is 0 Å². The van der Waals surface area contributed by atoms with E-state index in [9.17, 15) is 0 Å². The molecule has 3 rings (SSSR count). The number of benzene rings is 2. The molecule has 1 heteroatoms. The number of fused-ring (bicyclic) bond motifs is 1. The fourth-order valence-electron chi connectivity index (χ4n) is 3.69. The molecule has 1 aliphatic rings. The van der Waals surface area contributed by atoms with E-state index in [1.54, 1.807) is 0 Å². The molecule has 0 aromatic heterocycles. The van der Waals surface area contributed by atoms with Crippen molar-refractivity contribution in [3.05, 3.63) is 77.4 Å². The first-order chi connectivity index (χ1) is 11.9. The molecule has 0 saturated carbocycles. The van der Waals surface area contributed by atoms with Crippen LogP contribution in [0, 0.1) is 5.92 Å². The van der Waals surface area contributed by atoms with Gasteiger partial charge < -0.3 is 5.32 Å². The van der Waals surface area contributed by atoms with Crippen molar-refractivity contribution in [1.29, 1.82) is 0 Å². The Kier molecular flexibility index (Phi) is 6.26. The molecule has 2 aromatic carbocycles. The number of unbranched alkanes of at least 4 members (excludes halogenated alkanes) is 1. The van der Waals surface area contributed by atoms with E-state index in [0.29, 0.717) is 5.92 Å². The van der Waals surface area contributed by atoms with Gasteiger partial charge in [-0.3, -0.25) is 0 Å². The summed E-state index contributed by atoms with van der Waals surface area (Å²) in [6.45, 7) is 4.46. The lowest BCUT2D eigenvalue weighted by molar-refractivity contribution is 0.643. The van der Waals surface area contributed by atoms with Crippen molar-refractivity contribution >= 4 is 5.57 Å². The van der Waals surface area contributed by atoms with Gasteiger partial charge in [-0.05, 0) is 67.0 Å². The summed E-state index contributed by atoms with van der Waals surface area (Å²) >= 11 is 0. The van der Waals surface area contributed by atoms with E-state index in [1.807, 2.05) is 0 Å². The van der Waals surface area contributed by atoms with E-state index in [4.69, 9.17) is 0 Å². The van der Waals surface area contributed by atoms with Gasteiger partial charge in [0.15, 0.2) is 0 Å². The largest absolute Gasteiger partial charge is 0.316 e. The van der Waals surface area contributed by atoms with Gasteiger partial charge in [0.2, 0.25) is 0 Å². The second kappa shape index (κ2) is 8.84. The lowest BCUT2D eigenvalue weighted by Crippen LogP contribution is -2.16. The first-order valence-electron chi connectivity index (χ1n) is 9.41. The van der Waals surface area contributed by atoms with E-state index in [2.05, 4.69) is 72.9 Å². The molecule has 1 nitrogen and oxygen atoms in total. The van der Waals surface area contributed by atoms with Gasteiger partial charge >= 0.3 is 0 Å². The summed E-state index contributed by atoms with van der Waals surface area (Å²) in [4.78, 5) is 0. The van der Waals surface area contributed by atoms with Crippen molar-refractivity contribution in [2.24, 2.45) is 5.92 Å². The van der Waals surface area contributed by atoms with Gasteiger partial charge in [-0.2, -0.15) is 0 Å². The summed E-state index contributed by atoms with van der Waals surface area (Å²) in [6.07, 6.45) is 8.48. The molecule has 126 valence electrons. The zero-order chi connectivity index (χ0) is 16.6. The number of hydrogen-bond acceptors (Lipinski definition) is 1. The van der Waals surface area contributed by atoms with Crippen LogP contribution in [0.25, 0.3) is 5.57 Å². The maximum absolute atomic E-state index is 3.56. The van der Waals surface area contributed by atoms with E-state index in [-0.39, 0.29) is 0 Å². The maximum Gasteiger partial charge on any atom is -0.00141 e. The second-order valence-electron chi connectivity index (χ2n) is 6.79. The van der Waals surface area contributed by atoms with Crippen LogP contribution in [0.15, 0.2) is 60.7 Å². The van der Waals surface area contributed by atoms with Crippen molar-refractivity contribution < 1.29 is 0 Å². The average molecular weight is 319 g/mol. The number of hydrogen-bond donors (Lipinski definition) is 1. The zero-order valence-corrected chi connectivity index (χ0v) is 14.8. The SMILES string of the molecule is CCCCNCC/C=C(/c1ccccc1)C1Cc2ccccc2C1. The van der Waals surface area contributed by atoms with Crippen LogP contribution in [0.5, 0.6) is 0 Å². The predicted molar refractivity (Wildman–Crippen MR) is 104 cm³/mol. The predicted octanol–water partition coefficient (Wildman–Crippen LogP) is 5.26. The molecule has 0 aliphatic heterocycles. The smallest absolute Gasteiger partial charge is 0.00141 e. The normalized spacial score (nSPS) is 14.8. The van der Waals surface area contributed by atoms with Crippen LogP contribution in [-0.4, -0.2) is 13.1 Å². The van der Waals surface area contributed by atoms with Gasteiger partial charge in [0.05, 0.1) is 0 Å². The Balaban J connectivity index is 1.70. The van der Waals surface area contributed by atoms with Gasteiger partial charge in [-0.1, -0.05) is 74.0 Å². The fourth-order valence-corrected chi connectivity index (χ4v) is 3.69. The molecule has 1 aliphatic carbocycles. The molecule has 0 fully saturated rings. The van der Waals surface area contributed by atoms with Crippen molar-refractivity contribution in [2.75, 3.05) is 13.1 Å². The Morgan fingerprint density at radius 2 is 1.62 bits per heavy atom. The van der Waals surface area contributed by atoms with E-state index >= 15 is 0 Å². The molecule has 0 radical (unpaired) electrons. The van der Waals surface area contributed by atoms with Crippen LogP contribution in [-0.2, 0) is 12.8 Å². The molecule has 0 spiro atoms. The third kappa shape index (κ3) is 4.36. The zero-order valence-electron chi connectivity index (χ0n) is 14.8. The van der Waals surface area contributed by atoms with Crippen molar-refractivity contribution in [1.82, 2.24) is 5.32 Å². The van der Waals surface area contributed by atoms with Crippen LogP contribution in [0.1, 0.15) is 42.9 Å². The Labute approximate surface area is 146 Å². The van der Waals surface area contributed by atoms with Gasteiger partial charge in [0, 0.05) is 0 Å². The molecule has 0 heterocycles. The Morgan fingerprint density at radius 3 is 2.29 bits per heavy atom. The number of nitrogens with one attached hydrogen (secondary N) is 1. The lowest BCUT2D eigenvalue weighted by atomic mass is 9.89. The third-order valence-electron chi connectivity index (χ3n) is 4.99. The van der Waals surface area contributed by atoms with Gasteiger partial charge in [-0.15, -0.1) is 0 Å². The van der Waals surface area contributed by atoms with Gasteiger partial charge in [0.1, 0.15) is 0 Å². The van der Waals surface area contributed by atoms with Crippen LogP contribution in [0.2, 0.25) is 0 Å². The third-order valence-corrected chi connectivity index (χ3v) is 4.99. The van der Waals surface area contributed by atoms with E-state index in [1.165, 1.54) is 47.9 Å². The molecule has 1 N–H and O–H groups in total. The highest BCUT2D eigenvalue weighted by atomic mass is 14.8. The highest BCUT2D eigenvalue weighted by Crippen LogP contribution is 2.36. The Hall–Kier alpha value is -1.86. The molecule has 0 bridgehead atoms. The van der Waals surface area contributed by atoms with Crippen LogP contribution >= 0.6 is 0 Å². The van der Waals surface area contributed by atoms with Crippen molar-refractivity contribution in [3.63, 3.8) is 0 Å². The highest BCUT2D eigenvalue weighted by molar-refractivity contribution is 5.69. The second-order valence-corrected chi connectivity index (χ2v) is 6.79. The lowest BCUT2D eigenvalue weighted by Gasteiger charge is -2.16. The molecule has 0 saturated heterocycles. The van der Waals surface area contributed by atoms with Crippen LogP contribution < -0.4 is 5.32 Å². The quantitative estimate of drug-likeness (QED) is 0.654. The summed E-state index contributed by atoms with van der Waals surface area (Å²) in [5, 5.41) is 3.56. The minimum Gasteiger partial charge on any atom is -0.316 e. The maximum atomic E-state index is 3.56. The summed E-state index contributed by atoms with van der Waals surface area (Å²) in [7, 11) is 0. The van der Waals surface area contributed by atoms with Crippen molar-refractivity contribution in [2.45, 2.75) is 39.0 Å². The Bertz CT molecular complexity index is 632.